The SMILES string of the molecule is CCNc1nc(SCC(=O)NC(=O)NC(C)C)nc2ccccc12. The number of aromatic nitrogens is 2. The standard InChI is InChI=1S/C16H21N5O2S/c1-4-17-14-11-7-5-6-8-12(11)19-16(21-14)24-9-13(22)20-15(23)18-10(2)3/h5-8,10H,4,9H2,1-3H3,(H,17,19,21)(H2,18,20,22,23). The lowest BCUT2D eigenvalue weighted by atomic mass is 10.2. The van der Waals surface area contributed by atoms with Crippen LogP contribution in [0, 0.1) is 0 Å². The molecule has 0 aliphatic carbocycles. The smallest absolute Gasteiger partial charge is 0.321 e. The van der Waals surface area contributed by atoms with Gasteiger partial charge < -0.3 is 10.6 Å². The third kappa shape index (κ3) is 5.09. The van der Waals surface area contributed by atoms with E-state index in [0.717, 1.165) is 23.3 Å². The molecule has 0 spiro atoms. The summed E-state index contributed by atoms with van der Waals surface area (Å²) >= 11 is 1.19. The van der Waals surface area contributed by atoms with Crippen LogP contribution in [0.4, 0.5) is 10.6 Å². The number of nitrogens with one attached hydrogen (secondary N) is 3. The maximum atomic E-state index is 11.8. The van der Waals surface area contributed by atoms with E-state index in [1.807, 2.05) is 45.0 Å². The van der Waals surface area contributed by atoms with Crippen LogP contribution >= 0.6 is 11.8 Å². The summed E-state index contributed by atoms with van der Waals surface area (Å²) in [5.74, 6) is 0.415. The van der Waals surface area contributed by atoms with Crippen molar-refractivity contribution in [2.24, 2.45) is 0 Å². The second kappa shape index (κ2) is 8.49. The molecule has 2 aromatic rings. The minimum atomic E-state index is -0.497. The summed E-state index contributed by atoms with van der Waals surface area (Å²) in [5, 5.41) is 9.51. The van der Waals surface area contributed by atoms with Crippen molar-refractivity contribution >= 4 is 40.4 Å². The average Bonchev–Trinajstić information content (AvgIpc) is 2.52. The van der Waals surface area contributed by atoms with Crippen LogP contribution in [-0.2, 0) is 4.79 Å². The summed E-state index contributed by atoms with van der Waals surface area (Å²) < 4.78 is 0. The Kier molecular flexibility index (Phi) is 6.36. The van der Waals surface area contributed by atoms with E-state index in [2.05, 4.69) is 25.9 Å². The normalized spacial score (nSPS) is 10.7. The summed E-state index contributed by atoms with van der Waals surface area (Å²) in [6, 6.07) is 7.16. The number of imide groups is 1. The van der Waals surface area contributed by atoms with Crippen LogP contribution in [0.1, 0.15) is 20.8 Å². The van der Waals surface area contributed by atoms with Crippen molar-refractivity contribution < 1.29 is 9.59 Å². The zero-order valence-electron chi connectivity index (χ0n) is 13.9. The number of urea groups is 1. The van der Waals surface area contributed by atoms with Crippen molar-refractivity contribution in [2.45, 2.75) is 32.0 Å². The van der Waals surface area contributed by atoms with Gasteiger partial charge in [0.15, 0.2) is 5.16 Å². The Morgan fingerprint density at radius 3 is 2.67 bits per heavy atom. The second-order valence-corrected chi connectivity index (χ2v) is 6.31. The molecule has 0 fully saturated rings. The molecule has 3 amide bonds. The van der Waals surface area contributed by atoms with Gasteiger partial charge in [-0.3, -0.25) is 10.1 Å². The zero-order chi connectivity index (χ0) is 17.5. The number of carbonyl (C=O) groups is 2. The first-order valence-electron chi connectivity index (χ1n) is 7.73. The molecule has 2 rings (SSSR count). The highest BCUT2D eigenvalue weighted by Crippen LogP contribution is 2.24. The number of nitrogens with zero attached hydrogens (tertiary/aromatic N) is 2. The monoisotopic (exact) mass is 347 g/mol. The molecule has 1 aromatic heterocycles. The first kappa shape index (κ1) is 18.0. The Labute approximate surface area is 145 Å². The maximum absolute atomic E-state index is 11.8. The van der Waals surface area contributed by atoms with Gasteiger partial charge in [-0.2, -0.15) is 0 Å². The lowest BCUT2D eigenvalue weighted by molar-refractivity contribution is -0.117. The molecule has 0 aliphatic rings. The van der Waals surface area contributed by atoms with Crippen LogP contribution < -0.4 is 16.0 Å². The zero-order valence-corrected chi connectivity index (χ0v) is 14.7. The van der Waals surface area contributed by atoms with E-state index in [9.17, 15) is 9.59 Å². The Hall–Kier alpha value is -2.35. The molecule has 0 atom stereocenters. The molecule has 8 heteroatoms. The molecule has 3 N–H and O–H groups in total. The van der Waals surface area contributed by atoms with Gasteiger partial charge in [0.2, 0.25) is 5.91 Å². The van der Waals surface area contributed by atoms with Gasteiger partial charge in [0, 0.05) is 18.0 Å². The average molecular weight is 347 g/mol. The first-order chi connectivity index (χ1) is 11.5. The van der Waals surface area contributed by atoms with Crippen molar-refractivity contribution in [3.8, 4) is 0 Å². The number of hydrogen-bond donors (Lipinski definition) is 3. The fourth-order valence-corrected chi connectivity index (χ4v) is 2.66. The van der Waals surface area contributed by atoms with Crippen molar-refractivity contribution in [2.75, 3.05) is 17.6 Å². The number of carbonyl (C=O) groups excluding carboxylic acids is 2. The summed E-state index contributed by atoms with van der Waals surface area (Å²) in [4.78, 5) is 32.2. The molecule has 7 nitrogen and oxygen atoms in total. The van der Waals surface area contributed by atoms with E-state index in [-0.39, 0.29) is 17.7 Å². The molecule has 0 aliphatic heterocycles. The summed E-state index contributed by atoms with van der Waals surface area (Å²) in [7, 11) is 0. The molecule has 0 radical (unpaired) electrons. The number of benzene rings is 1. The van der Waals surface area contributed by atoms with Crippen LogP contribution in [0.2, 0.25) is 0 Å². The largest absolute Gasteiger partial charge is 0.370 e. The molecule has 0 unspecified atom stereocenters. The third-order valence-electron chi connectivity index (χ3n) is 2.93. The van der Waals surface area contributed by atoms with Gasteiger partial charge in [0.25, 0.3) is 0 Å². The fourth-order valence-electron chi connectivity index (χ4n) is 2.01. The minimum absolute atomic E-state index is 0.0306. The quantitative estimate of drug-likeness (QED) is 0.548. The summed E-state index contributed by atoms with van der Waals surface area (Å²) in [6.07, 6.45) is 0. The van der Waals surface area contributed by atoms with E-state index >= 15 is 0 Å². The molecule has 128 valence electrons. The van der Waals surface area contributed by atoms with Crippen LogP contribution in [0.15, 0.2) is 29.4 Å². The van der Waals surface area contributed by atoms with Crippen LogP contribution in [0.5, 0.6) is 0 Å². The lowest BCUT2D eigenvalue weighted by Gasteiger charge is -2.10. The van der Waals surface area contributed by atoms with E-state index in [1.54, 1.807) is 0 Å². The molecule has 1 heterocycles. The van der Waals surface area contributed by atoms with Crippen molar-refractivity contribution in [3.63, 3.8) is 0 Å². The van der Waals surface area contributed by atoms with Crippen LogP contribution in [0.3, 0.4) is 0 Å². The predicted molar refractivity (Wildman–Crippen MR) is 96.2 cm³/mol. The highest BCUT2D eigenvalue weighted by atomic mass is 32.2. The van der Waals surface area contributed by atoms with E-state index < -0.39 is 6.03 Å². The second-order valence-electron chi connectivity index (χ2n) is 5.37. The van der Waals surface area contributed by atoms with Gasteiger partial charge in [-0.1, -0.05) is 23.9 Å². The molecule has 0 saturated heterocycles. The third-order valence-corrected chi connectivity index (χ3v) is 3.78. The molecular formula is C16H21N5O2S. The molecular weight excluding hydrogens is 326 g/mol. The Morgan fingerprint density at radius 1 is 1.21 bits per heavy atom. The van der Waals surface area contributed by atoms with Gasteiger partial charge in [0.1, 0.15) is 5.82 Å². The first-order valence-corrected chi connectivity index (χ1v) is 8.72. The number of thioether (sulfide) groups is 1. The van der Waals surface area contributed by atoms with E-state index in [1.165, 1.54) is 11.8 Å². The highest BCUT2D eigenvalue weighted by molar-refractivity contribution is 7.99. The van der Waals surface area contributed by atoms with E-state index in [4.69, 9.17) is 0 Å². The van der Waals surface area contributed by atoms with Gasteiger partial charge in [-0.05, 0) is 32.9 Å². The summed E-state index contributed by atoms with van der Waals surface area (Å²) in [5.41, 5.74) is 0.809. The van der Waals surface area contributed by atoms with Crippen molar-refractivity contribution in [1.82, 2.24) is 20.6 Å². The fraction of sp³-hybridized carbons (Fsp3) is 0.375. The van der Waals surface area contributed by atoms with Crippen molar-refractivity contribution in [3.05, 3.63) is 24.3 Å². The number of para-hydroxylation sites is 1. The van der Waals surface area contributed by atoms with Crippen LogP contribution in [0.25, 0.3) is 10.9 Å². The number of anilines is 1. The molecule has 0 bridgehead atoms. The van der Waals surface area contributed by atoms with Gasteiger partial charge in [-0.25, -0.2) is 14.8 Å². The number of amides is 3. The minimum Gasteiger partial charge on any atom is -0.370 e. The summed E-state index contributed by atoms with van der Waals surface area (Å²) in [6.45, 7) is 6.37. The van der Waals surface area contributed by atoms with Gasteiger partial charge in [-0.15, -0.1) is 0 Å². The number of hydrogen-bond acceptors (Lipinski definition) is 6. The predicted octanol–water partition coefficient (Wildman–Crippen LogP) is 2.39. The highest BCUT2D eigenvalue weighted by Gasteiger charge is 2.12. The Bertz CT molecular complexity index is 735. The Morgan fingerprint density at radius 2 is 1.96 bits per heavy atom. The van der Waals surface area contributed by atoms with Crippen LogP contribution in [-0.4, -0.2) is 40.2 Å². The molecule has 0 saturated carbocycles. The topological polar surface area (TPSA) is 96.0 Å². The molecule has 24 heavy (non-hydrogen) atoms. The maximum Gasteiger partial charge on any atom is 0.321 e. The lowest BCUT2D eigenvalue weighted by Crippen LogP contribution is -2.43. The molecule has 1 aromatic carbocycles. The number of rotatable bonds is 6. The van der Waals surface area contributed by atoms with Crippen molar-refractivity contribution in [1.29, 1.82) is 0 Å². The van der Waals surface area contributed by atoms with Gasteiger partial charge >= 0.3 is 6.03 Å². The van der Waals surface area contributed by atoms with Gasteiger partial charge in [0.05, 0.1) is 11.3 Å². The Balaban J connectivity index is 2.04. The van der Waals surface area contributed by atoms with E-state index in [0.29, 0.717) is 5.16 Å². The number of fused-ring (bicyclic) bond motifs is 1.